The second-order valence-corrected chi connectivity index (χ2v) is 9.19. The number of nitrogens with one attached hydrogen (secondary N) is 2. The summed E-state index contributed by atoms with van der Waals surface area (Å²) < 4.78 is 29.9. The van der Waals surface area contributed by atoms with Gasteiger partial charge in [0.05, 0.1) is 16.3 Å². The normalized spacial score (nSPS) is 14.4. The molecule has 3 aromatic rings. The number of Topliss-reactive ketones (excluding diaryl/α,β-unsaturated/α-hetero) is 1. The second-order valence-electron chi connectivity index (χ2n) is 7.58. The molecule has 1 aliphatic carbocycles. The number of carbonyl (C=O) groups is 2. The molecule has 33 heavy (non-hydrogen) atoms. The first kappa shape index (κ1) is 22.2. The Bertz CT molecular complexity index is 1400. The number of ketones is 1. The SMILES string of the molecule is CC(=O)Nc1ccc(NC2=C/C(=N/S(=O)(=O)c3ccc(C)cc3)c3ccccc3C2=O)cc1. The van der Waals surface area contributed by atoms with Gasteiger partial charge in [-0.1, -0.05) is 42.0 Å². The Labute approximate surface area is 191 Å². The van der Waals surface area contributed by atoms with Crippen LogP contribution >= 0.6 is 0 Å². The van der Waals surface area contributed by atoms with Gasteiger partial charge < -0.3 is 10.6 Å². The predicted molar refractivity (Wildman–Crippen MR) is 128 cm³/mol. The molecule has 0 atom stereocenters. The summed E-state index contributed by atoms with van der Waals surface area (Å²) in [6, 6.07) is 20.0. The molecule has 8 heteroatoms. The molecule has 2 N–H and O–H groups in total. The zero-order valence-electron chi connectivity index (χ0n) is 18.0. The van der Waals surface area contributed by atoms with Crippen LogP contribution in [-0.2, 0) is 14.8 Å². The van der Waals surface area contributed by atoms with Gasteiger partial charge in [0.2, 0.25) is 11.7 Å². The first-order valence-electron chi connectivity index (χ1n) is 10.1. The molecule has 0 aromatic heterocycles. The van der Waals surface area contributed by atoms with Gasteiger partial charge in [0.15, 0.2) is 0 Å². The van der Waals surface area contributed by atoms with Crippen molar-refractivity contribution in [1.29, 1.82) is 0 Å². The first-order valence-corrected chi connectivity index (χ1v) is 11.6. The van der Waals surface area contributed by atoms with Crippen molar-refractivity contribution in [2.75, 3.05) is 10.6 Å². The number of hydrogen-bond donors (Lipinski definition) is 2. The molecule has 0 heterocycles. The number of sulfonamides is 1. The molecule has 0 aliphatic heterocycles. The zero-order chi connectivity index (χ0) is 23.6. The standard InChI is InChI=1S/C25H21N3O4S/c1-16-7-13-20(14-8-16)33(31,32)28-23-15-24(25(30)22-6-4-3-5-21(22)23)27-19-11-9-18(10-12-19)26-17(2)29/h3-15,27H,1-2H3,(H,26,29)/b28-23-. The van der Waals surface area contributed by atoms with Crippen LogP contribution in [0.4, 0.5) is 11.4 Å². The Morgan fingerprint density at radius 1 is 0.848 bits per heavy atom. The maximum absolute atomic E-state index is 13.1. The summed E-state index contributed by atoms with van der Waals surface area (Å²) in [4.78, 5) is 24.3. The zero-order valence-corrected chi connectivity index (χ0v) is 18.8. The van der Waals surface area contributed by atoms with Crippen LogP contribution in [0, 0.1) is 6.92 Å². The Kier molecular flexibility index (Phi) is 5.93. The van der Waals surface area contributed by atoms with E-state index in [4.69, 9.17) is 0 Å². The van der Waals surface area contributed by atoms with E-state index in [9.17, 15) is 18.0 Å². The van der Waals surface area contributed by atoms with E-state index in [1.54, 1.807) is 60.7 Å². The summed E-state index contributed by atoms with van der Waals surface area (Å²) in [6.07, 6.45) is 1.44. The molecule has 0 radical (unpaired) electrons. The van der Waals surface area contributed by atoms with Gasteiger partial charge in [0.25, 0.3) is 10.0 Å². The smallest absolute Gasteiger partial charge is 0.282 e. The topological polar surface area (TPSA) is 105 Å². The van der Waals surface area contributed by atoms with Crippen LogP contribution < -0.4 is 10.6 Å². The number of nitrogens with zero attached hydrogens (tertiary/aromatic N) is 1. The lowest BCUT2D eigenvalue weighted by atomic mass is 9.92. The van der Waals surface area contributed by atoms with Crippen LogP contribution in [-0.4, -0.2) is 25.8 Å². The Morgan fingerprint density at radius 2 is 1.45 bits per heavy atom. The highest BCUT2D eigenvalue weighted by molar-refractivity contribution is 7.90. The number of aryl methyl sites for hydroxylation is 1. The van der Waals surface area contributed by atoms with E-state index in [0.29, 0.717) is 22.5 Å². The molecular weight excluding hydrogens is 438 g/mol. The number of allylic oxidation sites excluding steroid dienone is 2. The van der Waals surface area contributed by atoms with E-state index in [-0.39, 0.29) is 28.0 Å². The Balaban J connectivity index is 1.72. The van der Waals surface area contributed by atoms with E-state index in [1.165, 1.54) is 25.1 Å². The van der Waals surface area contributed by atoms with E-state index < -0.39 is 10.0 Å². The molecule has 1 amide bonds. The molecule has 166 valence electrons. The molecule has 7 nitrogen and oxygen atoms in total. The van der Waals surface area contributed by atoms with Crippen molar-refractivity contribution in [2.45, 2.75) is 18.7 Å². The maximum Gasteiger partial charge on any atom is 0.282 e. The number of carbonyl (C=O) groups excluding carboxylic acids is 2. The van der Waals surface area contributed by atoms with Crippen LogP contribution in [0.2, 0.25) is 0 Å². The molecule has 0 bridgehead atoms. The summed E-state index contributed by atoms with van der Waals surface area (Å²) in [7, 11) is -3.99. The van der Waals surface area contributed by atoms with Gasteiger partial charge in [-0.2, -0.15) is 12.8 Å². The summed E-state index contributed by atoms with van der Waals surface area (Å²) in [5, 5.41) is 5.71. The number of hydrogen-bond acceptors (Lipinski definition) is 5. The Hall–Kier alpha value is -4.04. The van der Waals surface area contributed by atoms with Crippen molar-refractivity contribution in [2.24, 2.45) is 4.40 Å². The highest BCUT2D eigenvalue weighted by Gasteiger charge is 2.26. The van der Waals surface area contributed by atoms with Crippen molar-refractivity contribution in [3.8, 4) is 0 Å². The molecule has 3 aromatic carbocycles. The number of amides is 1. The average molecular weight is 460 g/mol. The van der Waals surface area contributed by atoms with E-state index in [1.807, 2.05) is 6.92 Å². The van der Waals surface area contributed by atoms with Gasteiger partial charge in [-0.05, 0) is 49.4 Å². The monoisotopic (exact) mass is 459 g/mol. The molecule has 4 rings (SSSR count). The fourth-order valence-corrected chi connectivity index (χ4v) is 4.38. The van der Waals surface area contributed by atoms with Crippen LogP contribution in [0.5, 0.6) is 0 Å². The molecular formula is C25H21N3O4S. The minimum Gasteiger partial charge on any atom is -0.352 e. The number of benzene rings is 3. The van der Waals surface area contributed by atoms with Crippen molar-refractivity contribution in [3.63, 3.8) is 0 Å². The van der Waals surface area contributed by atoms with Gasteiger partial charge in [-0.15, -0.1) is 0 Å². The second kappa shape index (κ2) is 8.84. The van der Waals surface area contributed by atoms with Gasteiger partial charge in [0, 0.05) is 29.4 Å². The van der Waals surface area contributed by atoms with E-state index >= 15 is 0 Å². The van der Waals surface area contributed by atoms with Gasteiger partial charge in [-0.3, -0.25) is 9.59 Å². The summed E-state index contributed by atoms with van der Waals surface area (Å²) in [5.41, 5.74) is 3.32. The van der Waals surface area contributed by atoms with Crippen LogP contribution in [0.25, 0.3) is 0 Å². The minimum atomic E-state index is -3.99. The third-order valence-electron chi connectivity index (χ3n) is 4.99. The van der Waals surface area contributed by atoms with E-state index in [0.717, 1.165) is 5.56 Å². The third-order valence-corrected chi connectivity index (χ3v) is 6.30. The summed E-state index contributed by atoms with van der Waals surface area (Å²) in [6.45, 7) is 3.29. The largest absolute Gasteiger partial charge is 0.352 e. The van der Waals surface area contributed by atoms with Gasteiger partial charge >= 0.3 is 0 Å². The summed E-state index contributed by atoms with van der Waals surface area (Å²) in [5.74, 6) is -0.462. The minimum absolute atomic E-state index is 0.0754. The van der Waals surface area contributed by atoms with Crippen molar-refractivity contribution in [3.05, 3.63) is 101 Å². The molecule has 0 spiro atoms. The van der Waals surface area contributed by atoms with Crippen molar-refractivity contribution in [1.82, 2.24) is 0 Å². The first-order chi connectivity index (χ1) is 15.7. The van der Waals surface area contributed by atoms with Crippen LogP contribution in [0.1, 0.15) is 28.4 Å². The number of rotatable bonds is 5. The molecule has 0 fully saturated rings. The fraction of sp³-hybridized carbons (Fsp3) is 0.0800. The van der Waals surface area contributed by atoms with Gasteiger partial charge in [-0.25, -0.2) is 0 Å². The molecule has 1 aliphatic rings. The summed E-state index contributed by atoms with van der Waals surface area (Å²) >= 11 is 0. The highest BCUT2D eigenvalue weighted by Crippen LogP contribution is 2.25. The number of fused-ring (bicyclic) bond motifs is 1. The predicted octanol–water partition coefficient (Wildman–Crippen LogP) is 4.32. The van der Waals surface area contributed by atoms with Crippen molar-refractivity contribution < 1.29 is 18.0 Å². The van der Waals surface area contributed by atoms with Crippen LogP contribution in [0.15, 0.2) is 93.9 Å². The van der Waals surface area contributed by atoms with Gasteiger partial charge in [0.1, 0.15) is 0 Å². The van der Waals surface area contributed by atoms with E-state index in [2.05, 4.69) is 15.0 Å². The lowest BCUT2D eigenvalue weighted by molar-refractivity contribution is -0.114. The lowest BCUT2D eigenvalue weighted by Crippen LogP contribution is -2.22. The maximum atomic E-state index is 13.1. The fourth-order valence-electron chi connectivity index (χ4n) is 3.39. The van der Waals surface area contributed by atoms with Crippen molar-refractivity contribution >= 4 is 38.8 Å². The quantitative estimate of drug-likeness (QED) is 0.591. The Morgan fingerprint density at radius 3 is 2.09 bits per heavy atom. The number of anilines is 2. The third kappa shape index (κ3) is 4.91. The molecule has 0 unspecified atom stereocenters. The van der Waals surface area contributed by atoms with Crippen LogP contribution in [0.3, 0.4) is 0 Å². The lowest BCUT2D eigenvalue weighted by Gasteiger charge is -2.19. The molecule has 0 saturated carbocycles. The highest BCUT2D eigenvalue weighted by atomic mass is 32.2. The average Bonchev–Trinajstić information content (AvgIpc) is 2.78. The molecule has 0 saturated heterocycles.